The molecular weight excluding hydrogens is 468 g/mol. The Morgan fingerprint density at radius 1 is 1.12 bits per heavy atom. The molecule has 0 radical (unpaired) electrons. The lowest BCUT2D eigenvalue weighted by atomic mass is 10.2. The van der Waals surface area contributed by atoms with Gasteiger partial charge < -0.3 is 10.6 Å². The monoisotopic (exact) mass is 484 g/mol. The first kappa shape index (κ1) is 20.0. The van der Waals surface area contributed by atoms with E-state index in [1.807, 2.05) is 50.2 Å². The fourth-order valence-corrected chi connectivity index (χ4v) is 4.07. The Morgan fingerprint density at radius 2 is 1.84 bits per heavy atom. The average Bonchev–Trinajstić information content (AvgIpc) is 2.55. The number of carbonyl (C=O) groups excluding carboxylic acids is 2. The molecule has 25 heavy (non-hydrogen) atoms. The second-order valence-corrected chi connectivity index (χ2v) is 8.37. The fraction of sp³-hybridized carbons (Fsp3) is 0.222. The molecular formula is C18H18Br2N2O2S. The fourth-order valence-electron chi connectivity index (χ4n) is 2.07. The number of hydrogen-bond acceptors (Lipinski definition) is 3. The van der Waals surface area contributed by atoms with Crippen molar-refractivity contribution in [3.05, 3.63) is 57.0 Å². The first-order chi connectivity index (χ1) is 11.9. The highest BCUT2D eigenvalue weighted by Crippen LogP contribution is 2.28. The van der Waals surface area contributed by atoms with Gasteiger partial charge in [0.25, 0.3) is 5.91 Å². The standard InChI is InChI=1S/C18H18Br2N2O2S/c1-11(2)21-17(23)10-25-16-6-4-3-5-13(16)18(24)22-15-8-7-12(19)9-14(15)20/h3-9,11H,10H2,1-2H3,(H,21,23)(H,22,24). The molecule has 0 heterocycles. The predicted octanol–water partition coefficient (Wildman–Crippen LogP) is 5.08. The van der Waals surface area contributed by atoms with Crippen LogP contribution in [0.3, 0.4) is 0 Å². The van der Waals surface area contributed by atoms with Crippen LogP contribution < -0.4 is 10.6 Å². The SMILES string of the molecule is CC(C)NC(=O)CSc1ccccc1C(=O)Nc1ccc(Br)cc1Br. The summed E-state index contributed by atoms with van der Waals surface area (Å²) < 4.78 is 1.71. The zero-order valence-electron chi connectivity index (χ0n) is 13.8. The second-order valence-electron chi connectivity index (χ2n) is 5.59. The lowest BCUT2D eigenvalue weighted by molar-refractivity contribution is -0.119. The zero-order valence-corrected chi connectivity index (χ0v) is 17.8. The summed E-state index contributed by atoms with van der Waals surface area (Å²) in [5.41, 5.74) is 1.23. The number of thioether (sulfide) groups is 1. The normalized spacial score (nSPS) is 10.6. The van der Waals surface area contributed by atoms with E-state index in [0.29, 0.717) is 11.3 Å². The number of hydrogen-bond donors (Lipinski definition) is 2. The second kappa shape index (κ2) is 9.40. The van der Waals surface area contributed by atoms with Crippen molar-refractivity contribution in [2.45, 2.75) is 24.8 Å². The molecule has 2 aromatic carbocycles. The van der Waals surface area contributed by atoms with Gasteiger partial charge in [0.1, 0.15) is 0 Å². The molecule has 2 amide bonds. The molecule has 0 aromatic heterocycles. The molecule has 4 nitrogen and oxygen atoms in total. The predicted molar refractivity (Wildman–Crippen MR) is 110 cm³/mol. The third kappa shape index (κ3) is 6.17. The molecule has 0 aliphatic carbocycles. The van der Waals surface area contributed by atoms with E-state index in [2.05, 4.69) is 42.5 Å². The Bertz CT molecular complexity index is 781. The molecule has 0 saturated carbocycles. The van der Waals surface area contributed by atoms with Crippen LogP contribution >= 0.6 is 43.6 Å². The quantitative estimate of drug-likeness (QED) is 0.561. The highest BCUT2D eigenvalue weighted by molar-refractivity contribution is 9.11. The van der Waals surface area contributed by atoms with Crippen molar-refractivity contribution in [3.63, 3.8) is 0 Å². The van der Waals surface area contributed by atoms with Gasteiger partial charge in [-0.1, -0.05) is 28.1 Å². The summed E-state index contributed by atoms with van der Waals surface area (Å²) in [5, 5.41) is 5.74. The van der Waals surface area contributed by atoms with Crippen molar-refractivity contribution in [2.24, 2.45) is 0 Å². The van der Waals surface area contributed by atoms with E-state index >= 15 is 0 Å². The molecule has 0 saturated heterocycles. The van der Waals surface area contributed by atoms with E-state index in [0.717, 1.165) is 13.8 Å². The van der Waals surface area contributed by atoms with Crippen LogP contribution in [0.25, 0.3) is 0 Å². The largest absolute Gasteiger partial charge is 0.353 e. The lowest BCUT2D eigenvalue weighted by Crippen LogP contribution is -2.31. The smallest absolute Gasteiger partial charge is 0.256 e. The van der Waals surface area contributed by atoms with Gasteiger partial charge >= 0.3 is 0 Å². The summed E-state index contributed by atoms with van der Waals surface area (Å²) in [6.07, 6.45) is 0. The van der Waals surface area contributed by atoms with Gasteiger partial charge in [-0.15, -0.1) is 11.8 Å². The Kier molecular flexibility index (Phi) is 7.53. The van der Waals surface area contributed by atoms with Crippen molar-refractivity contribution in [1.82, 2.24) is 5.32 Å². The van der Waals surface area contributed by atoms with E-state index in [-0.39, 0.29) is 23.6 Å². The number of rotatable bonds is 6. The maximum absolute atomic E-state index is 12.6. The summed E-state index contributed by atoms with van der Waals surface area (Å²) in [4.78, 5) is 25.2. The zero-order chi connectivity index (χ0) is 18.4. The third-order valence-corrected chi connectivity index (χ3v) is 5.34. The number of benzene rings is 2. The van der Waals surface area contributed by atoms with Crippen molar-refractivity contribution in [2.75, 3.05) is 11.1 Å². The van der Waals surface area contributed by atoms with Gasteiger partial charge in [0.2, 0.25) is 5.91 Å². The maximum Gasteiger partial charge on any atom is 0.256 e. The van der Waals surface area contributed by atoms with Crippen LogP contribution in [0.2, 0.25) is 0 Å². The number of carbonyl (C=O) groups is 2. The van der Waals surface area contributed by atoms with Crippen molar-refractivity contribution in [1.29, 1.82) is 0 Å². The minimum Gasteiger partial charge on any atom is -0.353 e. The van der Waals surface area contributed by atoms with Gasteiger partial charge in [-0.3, -0.25) is 9.59 Å². The number of amides is 2. The molecule has 2 aromatic rings. The van der Waals surface area contributed by atoms with Crippen molar-refractivity contribution in [3.8, 4) is 0 Å². The summed E-state index contributed by atoms with van der Waals surface area (Å²) in [7, 11) is 0. The molecule has 0 fully saturated rings. The van der Waals surface area contributed by atoms with E-state index in [4.69, 9.17) is 0 Å². The highest BCUT2D eigenvalue weighted by Gasteiger charge is 2.14. The van der Waals surface area contributed by atoms with Crippen LogP contribution in [-0.2, 0) is 4.79 Å². The van der Waals surface area contributed by atoms with Crippen molar-refractivity contribution < 1.29 is 9.59 Å². The number of anilines is 1. The van der Waals surface area contributed by atoms with E-state index in [1.165, 1.54) is 11.8 Å². The Balaban J connectivity index is 2.10. The first-order valence-corrected chi connectivity index (χ1v) is 10.2. The molecule has 2 rings (SSSR count). The molecule has 2 N–H and O–H groups in total. The van der Waals surface area contributed by atoms with E-state index in [9.17, 15) is 9.59 Å². The third-order valence-electron chi connectivity index (χ3n) is 3.12. The van der Waals surface area contributed by atoms with Gasteiger partial charge in [0.15, 0.2) is 0 Å². The van der Waals surface area contributed by atoms with Crippen LogP contribution in [-0.4, -0.2) is 23.6 Å². The number of halogens is 2. The molecule has 132 valence electrons. The van der Waals surface area contributed by atoms with Gasteiger partial charge in [-0.25, -0.2) is 0 Å². The Hall–Kier alpha value is -1.31. The first-order valence-electron chi connectivity index (χ1n) is 7.64. The van der Waals surface area contributed by atoms with Gasteiger partial charge in [0.05, 0.1) is 17.0 Å². The van der Waals surface area contributed by atoms with Crippen LogP contribution in [0.4, 0.5) is 5.69 Å². The summed E-state index contributed by atoms with van der Waals surface area (Å²) in [6, 6.07) is 12.9. The Morgan fingerprint density at radius 3 is 2.52 bits per heavy atom. The molecule has 0 bridgehead atoms. The average molecular weight is 486 g/mol. The number of nitrogens with one attached hydrogen (secondary N) is 2. The van der Waals surface area contributed by atoms with Crippen LogP contribution in [0.5, 0.6) is 0 Å². The van der Waals surface area contributed by atoms with Gasteiger partial charge in [-0.05, 0) is 60.1 Å². The van der Waals surface area contributed by atoms with Crippen LogP contribution in [0.15, 0.2) is 56.3 Å². The summed E-state index contributed by atoms with van der Waals surface area (Å²) >= 11 is 8.17. The summed E-state index contributed by atoms with van der Waals surface area (Å²) in [5.74, 6) is 0.00558. The molecule has 0 unspecified atom stereocenters. The van der Waals surface area contributed by atoms with Gasteiger partial charge in [0, 0.05) is 19.9 Å². The lowest BCUT2D eigenvalue weighted by Gasteiger charge is -2.12. The summed E-state index contributed by atoms with van der Waals surface area (Å²) in [6.45, 7) is 3.83. The topological polar surface area (TPSA) is 58.2 Å². The molecule has 0 aliphatic heterocycles. The molecule has 0 atom stereocenters. The molecule has 7 heteroatoms. The van der Waals surface area contributed by atoms with Crippen LogP contribution in [0, 0.1) is 0 Å². The minimum absolute atomic E-state index is 0.0501. The minimum atomic E-state index is -0.213. The van der Waals surface area contributed by atoms with Crippen molar-refractivity contribution >= 4 is 61.1 Å². The molecule has 0 spiro atoms. The van der Waals surface area contributed by atoms with E-state index < -0.39 is 0 Å². The molecule has 0 aliphatic rings. The maximum atomic E-state index is 12.6. The highest BCUT2D eigenvalue weighted by atomic mass is 79.9. The Labute approximate surface area is 168 Å². The van der Waals surface area contributed by atoms with Gasteiger partial charge in [-0.2, -0.15) is 0 Å². The van der Waals surface area contributed by atoms with Crippen LogP contribution in [0.1, 0.15) is 24.2 Å². The van der Waals surface area contributed by atoms with E-state index in [1.54, 1.807) is 6.07 Å².